The van der Waals surface area contributed by atoms with E-state index in [0.29, 0.717) is 11.4 Å². The highest BCUT2D eigenvalue weighted by Gasteiger charge is 2.22. The Kier molecular flexibility index (Phi) is 8.07. The predicted molar refractivity (Wildman–Crippen MR) is 126 cm³/mol. The standard InChI is InChI=1S/C25H24N2O7/c1-31-20-14-13-18(22(32-2)23(20)33-3)25(30)34-15-21(28)27-19-12-8-7-11-17(19)24(29)26-16-9-5-4-6-10-16/h4-14H,15H2,1-3H3,(H,26,29)(H,27,28). The Bertz CT molecular complexity index is 1180. The molecule has 0 fully saturated rings. The molecule has 3 aromatic rings. The Balaban J connectivity index is 1.67. The van der Waals surface area contributed by atoms with Gasteiger partial charge in [0.1, 0.15) is 5.56 Å². The molecule has 0 radical (unpaired) electrons. The zero-order valence-electron chi connectivity index (χ0n) is 18.9. The van der Waals surface area contributed by atoms with E-state index >= 15 is 0 Å². The largest absolute Gasteiger partial charge is 0.493 e. The summed E-state index contributed by atoms with van der Waals surface area (Å²) in [5, 5.41) is 5.37. The van der Waals surface area contributed by atoms with E-state index in [-0.39, 0.29) is 28.3 Å². The fraction of sp³-hybridized carbons (Fsp3) is 0.160. The van der Waals surface area contributed by atoms with Gasteiger partial charge in [-0.2, -0.15) is 0 Å². The van der Waals surface area contributed by atoms with Gasteiger partial charge in [-0.3, -0.25) is 9.59 Å². The average Bonchev–Trinajstić information content (AvgIpc) is 2.87. The number of anilines is 2. The molecule has 0 aliphatic heterocycles. The van der Waals surface area contributed by atoms with Crippen LogP contribution in [0.2, 0.25) is 0 Å². The number of amides is 2. The van der Waals surface area contributed by atoms with Crippen LogP contribution >= 0.6 is 0 Å². The molecule has 34 heavy (non-hydrogen) atoms. The van der Waals surface area contributed by atoms with Crippen molar-refractivity contribution in [3.05, 3.63) is 77.9 Å². The van der Waals surface area contributed by atoms with Crippen molar-refractivity contribution in [1.29, 1.82) is 0 Å². The van der Waals surface area contributed by atoms with Crippen molar-refractivity contribution in [3.63, 3.8) is 0 Å². The molecule has 0 saturated carbocycles. The van der Waals surface area contributed by atoms with Crippen molar-refractivity contribution in [2.24, 2.45) is 0 Å². The molecular weight excluding hydrogens is 440 g/mol. The molecule has 3 rings (SSSR count). The minimum absolute atomic E-state index is 0.0654. The second-order valence-corrected chi connectivity index (χ2v) is 6.87. The van der Waals surface area contributed by atoms with Crippen molar-refractivity contribution < 1.29 is 33.3 Å². The van der Waals surface area contributed by atoms with Crippen molar-refractivity contribution in [2.45, 2.75) is 0 Å². The van der Waals surface area contributed by atoms with Crippen molar-refractivity contribution in [1.82, 2.24) is 0 Å². The van der Waals surface area contributed by atoms with Crippen LogP contribution in [-0.2, 0) is 9.53 Å². The van der Waals surface area contributed by atoms with Crippen LogP contribution in [0.4, 0.5) is 11.4 Å². The van der Waals surface area contributed by atoms with Crippen LogP contribution in [0.3, 0.4) is 0 Å². The van der Waals surface area contributed by atoms with E-state index in [2.05, 4.69) is 10.6 Å². The summed E-state index contributed by atoms with van der Waals surface area (Å²) < 4.78 is 20.9. The van der Waals surface area contributed by atoms with Gasteiger partial charge in [0.05, 0.1) is 32.6 Å². The average molecular weight is 464 g/mol. The first kappa shape index (κ1) is 24.1. The summed E-state index contributed by atoms with van der Waals surface area (Å²) in [6.45, 7) is -0.578. The third kappa shape index (κ3) is 5.63. The van der Waals surface area contributed by atoms with E-state index < -0.39 is 24.4 Å². The number of ether oxygens (including phenoxy) is 4. The number of carbonyl (C=O) groups excluding carboxylic acids is 3. The normalized spacial score (nSPS) is 10.1. The van der Waals surface area contributed by atoms with Gasteiger partial charge in [0.2, 0.25) is 5.75 Å². The molecule has 0 aliphatic carbocycles. The number of nitrogens with one attached hydrogen (secondary N) is 2. The number of benzene rings is 3. The summed E-state index contributed by atoms with van der Waals surface area (Å²) >= 11 is 0. The Morgan fingerprint density at radius 1 is 0.706 bits per heavy atom. The lowest BCUT2D eigenvalue weighted by Gasteiger charge is -2.15. The molecule has 2 N–H and O–H groups in total. The molecule has 0 unspecified atom stereocenters. The topological polar surface area (TPSA) is 112 Å². The lowest BCUT2D eigenvalue weighted by atomic mass is 10.1. The van der Waals surface area contributed by atoms with Gasteiger partial charge in [0.15, 0.2) is 18.1 Å². The maximum Gasteiger partial charge on any atom is 0.342 e. The van der Waals surface area contributed by atoms with Gasteiger partial charge in [-0.15, -0.1) is 0 Å². The summed E-state index contributed by atoms with van der Waals surface area (Å²) in [5.41, 5.74) is 1.22. The molecule has 3 aromatic carbocycles. The third-order valence-electron chi connectivity index (χ3n) is 4.74. The number of hydrogen-bond donors (Lipinski definition) is 2. The van der Waals surface area contributed by atoms with Crippen molar-refractivity contribution in [3.8, 4) is 17.2 Å². The zero-order valence-corrected chi connectivity index (χ0v) is 18.9. The molecule has 0 atom stereocenters. The molecule has 2 amide bonds. The minimum Gasteiger partial charge on any atom is -0.493 e. The van der Waals surface area contributed by atoms with Crippen LogP contribution in [0.5, 0.6) is 17.2 Å². The molecule has 0 bridgehead atoms. The summed E-state index contributed by atoms with van der Waals surface area (Å²) in [6.07, 6.45) is 0. The number of hydrogen-bond acceptors (Lipinski definition) is 7. The number of rotatable bonds is 9. The maximum absolute atomic E-state index is 12.7. The number of esters is 1. The maximum atomic E-state index is 12.7. The van der Waals surface area contributed by atoms with Gasteiger partial charge >= 0.3 is 5.97 Å². The van der Waals surface area contributed by atoms with E-state index in [4.69, 9.17) is 18.9 Å². The molecule has 0 spiro atoms. The van der Waals surface area contributed by atoms with Crippen LogP contribution in [-0.4, -0.2) is 45.7 Å². The Labute approximate surface area is 196 Å². The molecule has 0 aliphatic rings. The van der Waals surface area contributed by atoms with E-state index in [0.717, 1.165) is 0 Å². The smallest absolute Gasteiger partial charge is 0.342 e. The summed E-state index contributed by atoms with van der Waals surface area (Å²) in [4.78, 5) is 37.7. The zero-order chi connectivity index (χ0) is 24.5. The lowest BCUT2D eigenvalue weighted by molar-refractivity contribution is -0.119. The van der Waals surface area contributed by atoms with Crippen molar-refractivity contribution in [2.75, 3.05) is 38.6 Å². The second kappa shape index (κ2) is 11.4. The summed E-state index contributed by atoms with van der Waals surface area (Å²) in [7, 11) is 4.24. The Morgan fingerprint density at radius 2 is 1.38 bits per heavy atom. The predicted octanol–water partition coefficient (Wildman–Crippen LogP) is 3.76. The van der Waals surface area contributed by atoms with E-state index in [1.54, 1.807) is 48.5 Å². The second-order valence-electron chi connectivity index (χ2n) is 6.87. The molecule has 0 aromatic heterocycles. The highest BCUT2D eigenvalue weighted by atomic mass is 16.5. The van der Waals surface area contributed by atoms with Gasteiger partial charge in [0, 0.05) is 5.69 Å². The van der Waals surface area contributed by atoms with Gasteiger partial charge in [0.25, 0.3) is 11.8 Å². The van der Waals surface area contributed by atoms with E-state index in [1.165, 1.54) is 33.5 Å². The van der Waals surface area contributed by atoms with Crippen LogP contribution in [0.1, 0.15) is 20.7 Å². The van der Waals surface area contributed by atoms with Crippen LogP contribution in [0, 0.1) is 0 Å². The number of carbonyl (C=O) groups is 3. The van der Waals surface area contributed by atoms with Crippen LogP contribution in [0.15, 0.2) is 66.7 Å². The molecule has 9 nitrogen and oxygen atoms in total. The third-order valence-corrected chi connectivity index (χ3v) is 4.74. The first-order valence-electron chi connectivity index (χ1n) is 10.2. The first-order valence-corrected chi connectivity index (χ1v) is 10.2. The molecule has 176 valence electrons. The molecule has 0 heterocycles. The fourth-order valence-electron chi connectivity index (χ4n) is 3.17. The van der Waals surface area contributed by atoms with Crippen molar-refractivity contribution >= 4 is 29.2 Å². The first-order chi connectivity index (χ1) is 16.5. The highest BCUT2D eigenvalue weighted by molar-refractivity contribution is 6.10. The molecular formula is C25H24N2O7. The van der Waals surface area contributed by atoms with Gasteiger partial charge in [-0.25, -0.2) is 4.79 Å². The summed E-state index contributed by atoms with van der Waals surface area (Å²) in [6, 6.07) is 18.4. The van der Waals surface area contributed by atoms with E-state index in [1.807, 2.05) is 6.07 Å². The molecule has 9 heteroatoms. The van der Waals surface area contributed by atoms with Gasteiger partial charge in [-0.05, 0) is 36.4 Å². The number of para-hydroxylation sites is 2. The Morgan fingerprint density at radius 3 is 2.06 bits per heavy atom. The SMILES string of the molecule is COc1ccc(C(=O)OCC(=O)Nc2ccccc2C(=O)Nc2ccccc2)c(OC)c1OC. The van der Waals surface area contributed by atoms with E-state index in [9.17, 15) is 14.4 Å². The van der Waals surface area contributed by atoms with Gasteiger partial charge in [-0.1, -0.05) is 30.3 Å². The summed E-state index contributed by atoms with van der Waals surface area (Å²) in [5.74, 6) is -1.08. The quantitative estimate of drug-likeness (QED) is 0.464. The molecule has 0 saturated heterocycles. The van der Waals surface area contributed by atoms with Gasteiger partial charge < -0.3 is 29.6 Å². The lowest BCUT2D eigenvalue weighted by Crippen LogP contribution is -2.23. The highest BCUT2D eigenvalue weighted by Crippen LogP contribution is 2.39. The fourth-order valence-corrected chi connectivity index (χ4v) is 3.17. The van der Waals surface area contributed by atoms with Crippen LogP contribution in [0.25, 0.3) is 0 Å². The van der Waals surface area contributed by atoms with Crippen LogP contribution < -0.4 is 24.8 Å². The minimum atomic E-state index is -0.789. The number of methoxy groups -OCH3 is 3. The monoisotopic (exact) mass is 464 g/mol. The Hall–Kier alpha value is -4.53.